The Morgan fingerprint density at radius 2 is 1.83 bits per heavy atom. The maximum Gasteiger partial charge on any atom is 0.251 e. The number of nitrogens with zero attached hydrogens (tertiary/aromatic N) is 3. The molecule has 0 bridgehead atoms. The normalized spacial score (nSPS) is 10.9. The molecule has 0 saturated carbocycles. The van der Waals surface area contributed by atoms with Crippen LogP contribution >= 0.6 is 11.6 Å². The zero-order valence-corrected chi connectivity index (χ0v) is 13.3. The van der Waals surface area contributed by atoms with Crippen LogP contribution in [0.15, 0.2) is 60.7 Å². The van der Waals surface area contributed by atoms with E-state index < -0.39 is 0 Å². The number of carbonyl (C=O) groups excluding carboxylic acids is 1. The van der Waals surface area contributed by atoms with E-state index in [2.05, 4.69) is 15.4 Å². The Bertz CT molecular complexity index is 872. The van der Waals surface area contributed by atoms with E-state index in [0.29, 0.717) is 5.02 Å². The van der Waals surface area contributed by atoms with Crippen LogP contribution in [0.25, 0.3) is 11.8 Å². The molecule has 0 radical (unpaired) electrons. The van der Waals surface area contributed by atoms with Gasteiger partial charge < -0.3 is 5.73 Å². The maximum absolute atomic E-state index is 12.0. The molecule has 3 N–H and O–H groups in total. The lowest BCUT2D eigenvalue weighted by Crippen LogP contribution is -2.09. The molecule has 0 fully saturated rings. The Kier molecular flexibility index (Phi) is 4.58. The summed E-state index contributed by atoms with van der Waals surface area (Å²) < 4.78 is 1.46. The maximum atomic E-state index is 12.0. The first-order valence-corrected chi connectivity index (χ1v) is 7.52. The summed E-state index contributed by atoms with van der Waals surface area (Å²) in [6, 6.07) is 16.4. The molecule has 0 saturated heterocycles. The van der Waals surface area contributed by atoms with E-state index in [4.69, 9.17) is 17.3 Å². The van der Waals surface area contributed by atoms with Gasteiger partial charge in [0.25, 0.3) is 11.9 Å². The largest absolute Gasteiger partial charge is 0.368 e. The SMILES string of the molecule is Nc1nc(NC(=O)/C=C/c2ccc(Cl)cc2)nn1-c1ccccc1. The van der Waals surface area contributed by atoms with Gasteiger partial charge in [0.15, 0.2) is 0 Å². The average molecular weight is 340 g/mol. The van der Waals surface area contributed by atoms with Gasteiger partial charge in [0, 0.05) is 11.1 Å². The number of nitrogens with one attached hydrogen (secondary N) is 1. The number of halogens is 1. The van der Waals surface area contributed by atoms with Gasteiger partial charge in [-0.1, -0.05) is 41.9 Å². The van der Waals surface area contributed by atoms with E-state index in [1.54, 1.807) is 18.2 Å². The monoisotopic (exact) mass is 339 g/mol. The molecular weight excluding hydrogens is 326 g/mol. The van der Waals surface area contributed by atoms with Crippen LogP contribution in [0, 0.1) is 0 Å². The highest BCUT2D eigenvalue weighted by Gasteiger charge is 2.09. The summed E-state index contributed by atoms with van der Waals surface area (Å²) >= 11 is 5.82. The van der Waals surface area contributed by atoms with E-state index in [-0.39, 0.29) is 17.8 Å². The standard InChI is InChI=1S/C17H14ClN5O/c18-13-9-6-12(7-10-13)8-11-15(24)20-17-21-16(19)23(22-17)14-4-2-1-3-5-14/h1-11H,(H3,19,20,21,22,24)/b11-8+. The number of nitrogens with two attached hydrogens (primary N) is 1. The number of rotatable bonds is 4. The molecule has 0 spiro atoms. The minimum atomic E-state index is -0.352. The molecule has 1 aromatic heterocycles. The highest BCUT2D eigenvalue weighted by molar-refractivity contribution is 6.30. The van der Waals surface area contributed by atoms with Crippen LogP contribution in [0.5, 0.6) is 0 Å². The fraction of sp³-hybridized carbons (Fsp3) is 0. The average Bonchev–Trinajstić information content (AvgIpc) is 2.95. The molecule has 3 rings (SSSR count). The van der Waals surface area contributed by atoms with Crippen molar-refractivity contribution in [1.82, 2.24) is 14.8 Å². The van der Waals surface area contributed by atoms with Gasteiger partial charge in [0.05, 0.1) is 5.69 Å². The zero-order chi connectivity index (χ0) is 16.9. The Hall–Kier alpha value is -3.12. The van der Waals surface area contributed by atoms with E-state index in [9.17, 15) is 4.79 Å². The van der Waals surface area contributed by atoms with Gasteiger partial charge in [-0.2, -0.15) is 9.67 Å². The van der Waals surface area contributed by atoms with E-state index in [1.807, 2.05) is 42.5 Å². The number of amides is 1. The van der Waals surface area contributed by atoms with Gasteiger partial charge in [-0.25, -0.2) is 0 Å². The number of benzene rings is 2. The van der Waals surface area contributed by atoms with Crippen molar-refractivity contribution in [2.24, 2.45) is 0 Å². The van der Waals surface area contributed by atoms with Crippen LogP contribution in [-0.4, -0.2) is 20.7 Å². The first-order valence-electron chi connectivity index (χ1n) is 7.14. The first-order chi connectivity index (χ1) is 11.6. The molecule has 1 amide bonds. The lowest BCUT2D eigenvalue weighted by atomic mass is 10.2. The highest BCUT2D eigenvalue weighted by atomic mass is 35.5. The number of hydrogen-bond acceptors (Lipinski definition) is 4. The molecule has 3 aromatic rings. The minimum Gasteiger partial charge on any atom is -0.368 e. The first kappa shape index (κ1) is 15.8. The molecule has 0 atom stereocenters. The number of carbonyl (C=O) groups is 1. The quantitative estimate of drug-likeness (QED) is 0.715. The third kappa shape index (κ3) is 3.80. The van der Waals surface area contributed by atoms with Gasteiger partial charge in [0.2, 0.25) is 5.95 Å². The molecule has 0 aliphatic rings. The van der Waals surface area contributed by atoms with Crippen LogP contribution in [-0.2, 0) is 4.79 Å². The Morgan fingerprint density at radius 1 is 1.12 bits per heavy atom. The summed E-state index contributed by atoms with van der Waals surface area (Å²) in [4.78, 5) is 16.0. The van der Waals surface area contributed by atoms with Gasteiger partial charge in [0.1, 0.15) is 0 Å². The lowest BCUT2D eigenvalue weighted by molar-refractivity contribution is -0.111. The van der Waals surface area contributed by atoms with E-state index in [1.165, 1.54) is 10.8 Å². The van der Waals surface area contributed by atoms with E-state index >= 15 is 0 Å². The summed E-state index contributed by atoms with van der Waals surface area (Å²) in [5.74, 6) is -0.0181. The zero-order valence-electron chi connectivity index (χ0n) is 12.6. The fourth-order valence-corrected chi connectivity index (χ4v) is 2.16. The Labute approximate surface area is 143 Å². The highest BCUT2D eigenvalue weighted by Crippen LogP contribution is 2.13. The predicted molar refractivity (Wildman–Crippen MR) is 94.9 cm³/mol. The Morgan fingerprint density at radius 3 is 2.54 bits per heavy atom. The van der Waals surface area contributed by atoms with Crippen LogP contribution in [0.2, 0.25) is 5.02 Å². The molecule has 120 valence electrons. The van der Waals surface area contributed by atoms with Crippen molar-refractivity contribution >= 4 is 35.5 Å². The number of hydrogen-bond donors (Lipinski definition) is 2. The summed E-state index contributed by atoms with van der Waals surface area (Å²) in [5, 5.41) is 7.40. The summed E-state index contributed by atoms with van der Waals surface area (Å²) in [5.41, 5.74) is 7.46. The number of aromatic nitrogens is 3. The third-order valence-electron chi connectivity index (χ3n) is 3.17. The predicted octanol–water partition coefficient (Wildman–Crippen LogP) is 3.15. The van der Waals surface area contributed by atoms with Gasteiger partial charge >= 0.3 is 0 Å². The summed E-state index contributed by atoms with van der Waals surface area (Å²) in [6.07, 6.45) is 3.06. The minimum absolute atomic E-state index is 0.141. The molecule has 6 nitrogen and oxygen atoms in total. The second kappa shape index (κ2) is 6.97. The molecule has 7 heteroatoms. The number of para-hydroxylation sites is 1. The van der Waals surface area contributed by atoms with Crippen molar-refractivity contribution in [3.8, 4) is 5.69 Å². The van der Waals surface area contributed by atoms with Crippen LogP contribution < -0.4 is 11.1 Å². The van der Waals surface area contributed by atoms with Crippen molar-refractivity contribution < 1.29 is 4.79 Å². The fourth-order valence-electron chi connectivity index (χ4n) is 2.03. The molecule has 24 heavy (non-hydrogen) atoms. The van der Waals surface area contributed by atoms with Gasteiger partial charge in [-0.15, -0.1) is 5.10 Å². The molecular formula is C17H14ClN5O. The van der Waals surface area contributed by atoms with Crippen molar-refractivity contribution in [1.29, 1.82) is 0 Å². The molecule has 0 aliphatic heterocycles. The van der Waals surface area contributed by atoms with Gasteiger partial charge in [-0.05, 0) is 35.9 Å². The molecule has 2 aromatic carbocycles. The molecule has 1 heterocycles. The smallest absolute Gasteiger partial charge is 0.251 e. The third-order valence-corrected chi connectivity index (χ3v) is 3.42. The second-order valence-electron chi connectivity index (χ2n) is 4.92. The summed E-state index contributed by atoms with van der Waals surface area (Å²) in [7, 11) is 0. The number of nitrogen functional groups attached to an aromatic ring is 1. The summed E-state index contributed by atoms with van der Waals surface area (Å²) in [6.45, 7) is 0. The van der Waals surface area contributed by atoms with Crippen molar-refractivity contribution in [3.63, 3.8) is 0 Å². The van der Waals surface area contributed by atoms with Crippen LogP contribution in [0.4, 0.5) is 11.9 Å². The topological polar surface area (TPSA) is 85.8 Å². The van der Waals surface area contributed by atoms with Crippen LogP contribution in [0.1, 0.15) is 5.56 Å². The second-order valence-corrected chi connectivity index (χ2v) is 5.35. The van der Waals surface area contributed by atoms with Gasteiger partial charge in [-0.3, -0.25) is 10.1 Å². The van der Waals surface area contributed by atoms with Crippen molar-refractivity contribution in [2.75, 3.05) is 11.1 Å². The van der Waals surface area contributed by atoms with Crippen molar-refractivity contribution in [3.05, 3.63) is 71.3 Å². The molecule has 0 unspecified atom stereocenters. The van der Waals surface area contributed by atoms with Crippen LogP contribution in [0.3, 0.4) is 0 Å². The van der Waals surface area contributed by atoms with Crippen molar-refractivity contribution in [2.45, 2.75) is 0 Å². The Balaban J connectivity index is 1.70. The molecule has 0 aliphatic carbocycles. The number of anilines is 2. The lowest BCUT2D eigenvalue weighted by Gasteiger charge is -2.00. The van der Waals surface area contributed by atoms with E-state index in [0.717, 1.165) is 11.3 Å².